The molecule has 2 fully saturated rings. The van der Waals surface area contributed by atoms with Crippen LogP contribution in [0.3, 0.4) is 0 Å². The number of benzene rings is 1. The highest BCUT2D eigenvalue weighted by atomic mass is 16.2. The van der Waals surface area contributed by atoms with E-state index in [2.05, 4.69) is 10.3 Å². The molecule has 42 heavy (non-hydrogen) atoms. The van der Waals surface area contributed by atoms with Gasteiger partial charge in [0.05, 0.1) is 12.6 Å². The summed E-state index contributed by atoms with van der Waals surface area (Å²) in [5.41, 5.74) is 6.85. The number of nitrogens with two attached hydrogens (primary N) is 1. The molecule has 1 aromatic carbocycles. The third-order valence-corrected chi connectivity index (χ3v) is 7.98. The number of amides is 3. The number of nitrogens with zero attached hydrogens (tertiary/aromatic N) is 4. The van der Waals surface area contributed by atoms with Crippen LogP contribution >= 0.6 is 0 Å². The van der Waals surface area contributed by atoms with E-state index in [4.69, 9.17) is 11.1 Å². The molecule has 0 bridgehead atoms. The van der Waals surface area contributed by atoms with E-state index in [0.717, 1.165) is 31.2 Å². The number of piperazine rings is 1. The summed E-state index contributed by atoms with van der Waals surface area (Å²) >= 11 is 0. The van der Waals surface area contributed by atoms with Gasteiger partial charge in [-0.05, 0) is 49.3 Å². The summed E-state index contributed by atoms with van der Waals surface area (Å²) in [6.45, 7) is 3.31. The van der Waals surface area contributed by atoms with Gasteiger partial charge in [-0.1, -0.05) is 49.7 Å². The highest BCUT2D eigenvalue weighted by Gasteiger charge is 2.40. The molecule has 0 saturated carbocycles. The molecule has 2 saturated heterocycles. The molecule has 1 aromatic heterocycles. The van der Waals surface area contributed by atoms with Crippen molar-refractivity contribution < 1.29 is 19.2 Å². The summed E-state index contributed by atoms with van der Waals surface area (Å²) in [6, 6.07) is 12.8. The van der Waals surface area contributed by atoms with Gasteiger partial charge in [-0.2, -0.15) is 0 Å². The van der Waals surface area contributed by atoms with Crippen LogP contribution in [-0.4, -0.2) is 94.0 Å². The Labute approximate surface area is 246 Å². The molecule has 2 aliphatic heterocycles. The smallest absolute Gasteiger partial charge is 0.246 e. The summed E-state index contributed by atoms with van der Waals surface area (Å²) in [5.74, 6) is -1.29. The minimum atomic E-state index is -0.881. The van der Waals surface area contributed by atoms with Crippen molar-refractivity contribution in [1.82, 2.24) is 25.0 Å². The number of Topliss-reactive ketones (excluding diaryl/α,β-unsaturated/α-hetero) is 1. The van der Waals surface area contributed by atoms with E-state index in [9.17, 15) is 19.2 Å². The summed E-state index contributed by atoms with van der Waals surface area (Å²) in [7, 11) is 0. The normalized spacial score (nSPS) is 19.9. The van der Waals surface area contributed by atoms with Gasteiger partial charge < -0.3 is 25.8 Å². The van der Waals surface area contributed by atoms with Crippen LogP contribution < -0.4 is 11.1 Å². The first-order valence-electron chi connectivity index (χ1n) is 14.7. The molecule has 0 aliphatic carbocycles. The maximum absolute atomic E-state index is 13.5. The fourth-order valence-corrected chi connectivity index (χ4v) is 5.74. The molecular weight excluding hydrogens is 534 g/mol. The lowest BCUT2D eigenvalue weighted by molar-refractivity contribution is -0.157. The number of carbonyl (C=O) groups is 4. The number of pyridine rings is 1. The quantitative estimate of drug-likeness (QED) is 0.198. The fraction of sp³-hybridized carbons (Fsp3) is 0.484. The number of guanidine groups is 1. The van der Waals surface area contributed by atoms with Crippen LogP contribution in [0.4, 0.5) is 0 Å². The Hall–Kier alpha value is -4.28. The van der Waals surface area contributed by atoms with Crippen molar-refractivity contribution in [3.8, 4) is 0 Å². The van der Waals surface area contributed by atoms with Crippen molar-refractivity contribution in [3.05, 3.63) is 66.0 Å². The van der Waals surface area contributed by atoms with Crippen molar-refractivity contribution in [3.63, 3.8) is 0 Å². The Kier molecular flexibility index (Phi) is 10.6. The van der Waals surface area contributed by atoms with Gasteiger partial charge in [0, 0.05) is 32.3 Å². The second-order valence-electron chi connectivity index (χ2n) is 11.1. The minimum absolute atomic E-state index is 0.0120. The Morgan fingerprint density at radius 1 is 1.14 bits per heavy atom. The Morgan fingerprint density at radius 3 is 2.60 bits per heavy atom. The number of carbonyl (C=O) groups excluding carboxylic acids is 4. The van der Waals surface area contributed by atoms with Crippen LogP contribution in [0.5, 0.6) is 0 Å². The van der Waals surface area contributed by atoms with Crippen LogP contribution in [0, 0.1) is 11.3 Å². The second-order valence-corrected chi connectivity index (χ2v) is 11.1. The van der Waals surface area contributed by atoms with Crippen LogP contribution in [0.25, 0.3) is 0 Å². The average molecular weight is 576 g/mol. The van der Waals surface area contributed by atoms with Gasteiger partial charge in [0.25, 0.3) is 0 Å². The number of likely N-dealkylation sites (tertiary alicyclic amines) is 1. The summed E-state index contributed by atoms with van der Waals surface area (Å²) in [6.07, 6.45) is 5.50. The molecule has 0 spiro atoms. The number of aromatic nitrogens is 1. The lowest BCUT2D eigenvalue weighted by atomic mass is 9.89. The van der Waals surface area contributed by atoms with Crippen molar-refractivity contribution in [1.29, 1.82) is 5.41 Å². The molecule has 4 N–H and O–H groups in total. The molecule has 11 heteroatoms. The van der Waals surface area contributed by atoms with Crippen molar-refractivity contribution in [2.75, 3.05) is 32.7 Å². The van der Waals surface area contributed by atoms with Gasteiger partial charge in [-0.15, -0.1) is 0 Å². The lowest BCUT2D eigenvalue weighted by Gasteiger charge is -2.40. The van der Waals surface area contributed by atoms with Crippen LogP contribution in [0.2, 0.25) is 0 Å². The molecule has 2 aromatic rings. The van der Waals surface area contributed by atoms with Crippen molar-refractivity contribution in [2.45, 2.75) is 57.5 Å². The zero-order chi connectivity index (χ0) is 30.1. The average Bonchev–Trinajstić information content (AvgIpc) is 3.00. The summed E-state index contributed by atoms with van der Waals surface area (Å²) < 4.78 is 0. The predicted molar refractivity (Wildman–Crippen MR) is 158 cm³/mol. The van der Waals surface area contributed by atoms with Gasteiger partial charge in [-0.25, -0.2) is 0 Å². The molecule has 0 radical (unpaired) electrons. The van der Waals surface area contributed by atoms with Gasteiger partial charge >= 0.3 is 0 Å². The van der Waals surface area contributed by atoms with E-state index in [1.165, 1.54) is 11.1 Å². The third-order valence-electron chi connectivity index (χ3n) is 7.98. The van der Waals surface area contributed by atoms with Crippen molar-refractivity contribution >= 4 is 29.5 Å². The minimum Gasteiger partial charge on any atom is -0.370 e. The van der Waals surface area contributed by atoms with Gasteiger partial charge in [-0.3, -0.25) is 29.6 Å². The SMILES string of the molecule is CCCCN1CC(=O)N(CC(=O)NC(CC2CCCN(C(=N)N)C2)C(=O)c2ccccn2)C(Cc2ccccc2)C1=O. The van der Waals surface area contributed by atoms with Gasteiger partial charge in [0.2, 0.25) is 23.5 Å². The monoisotopic (exact) mass is 575 g/mol. The van der Waals surface area contributed by atoms with E-state index in [1.807, 2.05) is 37.3 Å². The van der Waals surface area contributed by atoms with E-state index >= 15 is 0 Å². The van der Waals surface area contributed by atoms with Crippen LogP contribution in [0.15, 0.2) is 54.7 Å². The lowest BCUT2D eigenvalue weighted by Crippen LogP contribution is -2.62. The number of rotatable bonds is 12. The van der Waals surface area contributed by atoms with Gasteiger partial charge in [0.1, 0.15) is 18.3 Å². The highest BCUT2D eigenvalue weighted by Crippen LogP contribution is 2.23. The zero-order valence-corrected chi connectivity index (χ0v) is 24.2. The van der Waals surface area contributed by atoms with Gasteiger partial charge in [0.15, 0.2) is 5.96 Å². The molecule has 3 unspecified atom stereocenters. The van der Waals surface area contributed by atoms with E-state index < -0.39 is 18.0 Å². The molecule has 3 amide bonds. The van der Waals surface area contributed by atoms with Crippen LogP contribution in [0.1, 0.15) is 55.1 Å². The number of unbranched alkanes of at least 4 members (excludes halogenated alkanes) is 1. The largest absolute Gasteiger partial charge is 0.370 e. The molecule has 2 aliphatic rings. The topological polar surface area (TPSA) is 153 Å². The molecule has 224 valence electrons. The number of hydrogen-bond donors (Lipinski definition) is 3. The molecular formula is C31H41N7O4. The summed E-state index contributed by atoms with van der Waals surface area (Å²) in [4.78, 5) is 62.8. The second kappa shape index (κ2) is 14.6. The van der Waals surface area contributed by atoms with Crippen molar-refractivity contribution in [2.24, 2.45) is 11.7 Å². The maximum atomic E-state index is 13.5. The fourth-order valence-electron chi connectivity index (χ4n) is 5.74. The summed E-state index contributed by atoms with van der Waals surface area (Å²) in [5, 5.41) is 10.7. The zero-order valence-electron chi connectivity index (χ0n) is 24.2. The number of piperidine rings is 1. The standard InChI is InChI=1S/C31H41N7O4/c1-2-3-15-36-21-28(40)38(26(30(36)42)18-22-10-5-4-6-11-22)20-27(39)35-25(29(41)24-13-7-8-14-34-24)17-23-12-9-16-37(19-23)31(32)33/h4-8,10-11,13-14,23,25-26H,2-3,9,12,15-21H2,1H3,(H3,32,33)(H,35,39). The molecule has 4 rings (SSSR count). The Balaban J connectivity index is 1.52. The number of ketones is 1. The van der Waals surface area contributed by atoms with Crippen LogP contribution in [-0.2, 0) is 20.8 Å². The number of nitrogens with one attached hydrogen (secondary N) is 2. The first-order valence-corrected chi connectivity index (χ1v) is 14.7. The Bertz CT molecular complexity index is 1260. The first kappa shape index (κ1) is 30.7. The highest BCUT2D eigenvalue weighted by molar-refractivity contribution is 6.01. The van der Waals surface area contributed by atoms with E-state index in [-0.39, 0.29) is 48.3 Å². The molecule has 3 heterocycles. The Morgan fingerprint density at radius 2 is 1.90 bits per heavy atom. The maximum Gasteiger partial charge on any atom is 0.246 e. The third kappa shape index (κ3) is 7.92. The predicted octanol–water partition coefficient (Wildman–Crippen LogP) is 1.83. The van der Waals surface area contributed by atoms with E-state index in [0.29, 0.717) is 32.5 Å². The van der Waals surface area contributed by atoms with E-state index in [1.54, 1.807) is 28.0 Å². The number of hydrogen-bond acceptors (Lipinski definition) is 6. The molecule has 3 atom stereocenters. The molecule has 11 nitrogen and oxygen atoms in total. The first-order chi connectivity index (χ1) is 20.3.